The number of imidazole rings is 1. The van der Waals surface area contributed by atoms with E-state index in [2.05, 4.69) is 37.1 Å². The number of nitriles is 2. The topological polar surface area (TPSA) is 252 Å². The average molecular weight is 662 g/mol. The second-order valence-corrected chi connectivity index (χ2v) is 10.0. The van der Waals surface area contributed by atoms with Gasteiger partial charge in [0.1, 0.15) is 18.2 Å². The normalized spacial score (nSPS) is 16.4. The fraction of sp³-hybridized carbons (Fsp3) is 0.385. The van der Waals surface area contributed by atoms with Crippen molar-refractivity contribution >= 4 is 70.8 Å². The Bertz CT molecular complexity index is 1670. The highest BCUT2D eigenvalue weighted by Gasteiger charge is 2.36. The molecule has 1 saturated heterocycles. The maximum atomic E-state index is 12.7. The van der Waals surface area contributed by atoms with Gasteiger partial charge in [-0.2, -0.15) is 20.0 Å². The molecular formula is C26H30Cl2N12O5. The third-order valence-corrected chi connectivity index (χ3v) is 7.03. The second-order valence-electron chi connectivity index (χ2n) is 9.63. The number of carbonyl (C=O) groups excluding carboxylic acids is 3. The number of nitrogens with one attached hydrogen (secondary N) is 3. The maximum absolute atomic E-state index is 12.7. The van der Waals surface area contributed by atoms with E-state index in [-0.39, 0.29) is 53.3 Å². The molecule has 2 amide bonds. The molecule has 3 heterocycles. The van der Waals surface area contributed by atoms with E-state index in [0.29, 0.717) is 30.2 Å². The number of nitrogens with two attached hydrogens (primary N) is 2. The van der Waals surface area contributed by atoms with Crippen molar-refractivity contribution in [3.63, 3.8) is 0 Å². The molecule has 3 atom stereocenters. The van der Waals surface area contributed by atoms with Crippen LogP contribution in [0.3, 0.4) is 0 Å². The molecule has 1 aliphatic rings. The smallest absolute Gasteiger partial charge is 0.407 e. The minimum Gasteiger partial charge on any atom is -0.457 e. The SMILES string of the molecule is CCNc1nc(Nc2cc(C#N)cc(N3CCC(NC(=O)OC)C(OC(=O)C(N)CC(N)=O)C3)c2Cl)nn2c(C#N)cnc12.Cl. The Morgan fingerprint density at radius 1 is 1.27 bits per heavy atom. The molecule has 0 saturated carbocycles. The maximum Gasteiger partial charge on any atom is 0.407 e. The molecule has 45 heavy (non-hydrogen) atoms. The molecule has 17 nitrogen and oxygen atoms in total. The molecule has 19 heteroatoms. The van der Waals surface area contributed by atoms with Crippen LogP contribution in [-0.2, 0) is 19.1 Å². The van der Waals surface area contributed by atoms with Gasteiger partial charge in [0, 0.05) is 13.1 Å². The van der Waals surface area contributed by atoms with E-state index >= 15 is 0 Å². The van der Waals surface area contributed by atoms with Crippen molar-refractivity contribution in [1.29, 1.82) is 10.5 Å². The first kappa shape index (κ1) is 34.4. The van der Waals surface area contributed by atoms with Crippen molar-refractivity contribution in [3.05, 3.63) is 34.6 Å². The van der Waals surface area contributed by atoms with Crippen molar-refractivity contribution in [2.75, 3.05) is 42.3 Å². The lowest BCUT2D eigenvalue weighted by Crippen LogP contribution is -2.56. The summed E-state index contributed by atoms with van der Waals surface area (Å²) in [4.78, 5) is 46.4. The van der Waals surface area contributed by atoms with Crippen LogP contribution >= 0.6 is 24.0 Å². The van der Waals surface area contributed by atoms with Gasteiger partial charge in [-0.3, -0.25) is 9.59 Å². The van der Waals surface area contributed by atoms with Crippen molar-refractivity contribution in [3.8, 4) is 12.1 Å². The number of aromatic nitrogens is 4. The molecule has 1 aliphatic heterocycles. The van der Waals surface area contributed by atoms with Gasteiger partial charge in [-0.25, -0.2) is 9.78 Å². The van der Waals surface area contributed by atoms with Gasteiger partial charge in [0.05, 0.1) is 60.3 Å². The minimum absolute atomic E-state index is 0. The summed E-state index contributed by atoms with van der Waals surface area (Å²) < 4.78 is 11.6. The number of amides is 2. The number of nitrogens with zero attached hydrogens (tertiary/aromatic N) is 7. The van der Waals surface area contributed by atoms with Gasteiger partial charge in [-0.1, -0.05) is 11.6 Å². The Balaban J connectivity index is 0.00000552. The van der Waals surface area contributed by atoms with Crippen molar-refractivity contribution in [2.24, 2.45) is 11.5 Å². The van der Waals surface area contributed by atoms with Crippen molar-refractivity contribution in [1.82, 2.24) is 24.9 Å². The van der Waals surface area contributed by atoms with Gasteiger partial charge in [-0.15, -0.1) is 17.5 Å². The third kappa shape index (κ3) is 7.90. The van der Waals surface area contributed by atoms with E-state index in [1.807, 2.05) is 13.0 Å². The van der Waals surface area contributed by atoms with Gasteiger partial charge < -0.3 is 41.8 Å². The lowest BCUT2D eigenvalue weighted by Gasteiger charge is -2.40. The number of fused-ring (bicyclic) bond motifs is 1. The third-order valence-electron chi connectivity index (χ3n) is 6.63. The summed E-state index contributed by atoms with van der Waals surface area (Å²) in [5, 5.41) is 32.6. The predicted molar refractivity (Wildman–Crippen MR) is 164 cm³/mol. The number of anilines is 4. The van der Waals surface area contributed by atoms with Crippen LogP contribution < -0.4 is 32.3 Å². The fourth-order valence-electron chi connectivity index (χ4n) is 4.58. The Hall–Kier alpha value is -5.10. The quantitative estimate of drug-likeness (QED) is 0.191. The number of methoxy groups -OCH3 is 1. The van der Waals surface area contributed by atoms with Crippen LogP contribution in [0.5, 0.6) is 0 Å². The predicted octanol–water partition coefficient (Wildman–Crippen LogP) is 1.17. The molecule has 2 aromatic heterocycles. The molecule has 0 radical (unpaired) electrons. The van der Waals surface area contributed by atoms with Crippen molar-refractivity contribution in [2.45, 2.75) is 38.0 Å². The highest BCUT2D eigenvalue weighted by molar-refractivity contribution is 6.36. The monoisotopic (exact) mass is 660 g/mol. The first-order valence-corrected chi connectivity index (χ1v) is 13.7. The van der Waals surface area contributed by atoms with Crippen LogP contribution in [0.1, 0.15) is 31.0 Å². The summed E-state index contributed by atoms with van der Waals surface area (Å²) in [6.45, 7) is 2.76. The number of alkyl carbamates (subject to hydrolysis) is 1. The number of hydrogen-bond donors (Lipinski definition) is 5. The molecule has 0 bridgehead atoms. The number of hydrogen-bond acceptors (Lipinski definition) is 14. The summed E-state index contributed by atoms with van der Waals surface area (Å²) in [6.07, 6.45) is -0.427. The number of halogens is 2. The number of esters is 1. The number of piperidine rings is 1. The zero-order valence-electron chi connectivity index (χ0n) is 24.1. The van der Waals surface area contributed by atoms with Crippen LogP contribution in [0.4, 0.5) is 27.9 Å². The van der Waals surface area contributed by atoms with E-state index in [4.69, 9.17) is 32.5 Å². The molecule has 238 valence electrons. The van der Waals surface area contributed by atoms with Gasteiger partial charge in [-0.05, 0) is 25.5 Å². The Morgan fingerprint density at radius 3 is 2.67 bits per heavy atom. The number of primary amides is 1. The standard InChI is InChI=1S/C26H29ClN12O5.ClH/c1-3-32-22-23-33-11-14(10-29)39(23)37-25(36-22)34-17-6-13(9-28)7-18(21(17)27)38-5-4-16(35-26(42)43-2)19(12-38)44-24(41)15(30)8-20(31)40;/h6-7,11,15-16,19H,3-5,8,12,30H2,1-2H3,(H2,31,40)(H,35,42)(H2,32,34,36,37);1H. The lowest BCUT2D eigenvalue weighted by atomic mass is 10.00. The number of carbonyl (C=O) groups is 3. The van der Waals surface area contributed by atoms with Crippen molar-refractivity contribution < 1.29 is 23.9 Å². The zero-order chi connectivity index (χ0) is 32.0. The van der Waals surface area contributed by atoms with Crippen LogP contribution in [0.25, 0.3) is 5.65 Å². The molecule has 3 unspecified atom stereocenters. The molecule has 4 rings (SSSR count). The summed E-state index contributed by atoms with van der Waals surface area (Å²) >= 11 is 6.86. The van der Waals surface area contributed by atoms with Crippen LogP contribution in [0.2, 0.25) is 5.02 Å². The number of benzene rings is 1. The summed E-state index contributed by atoms with van der Waals surface area (Å²) in [7, 11) is 1.20. The van der Waals surface area contributed by atoms with Gasteiger partial charge >= 0.3 is 12.1 Å². The molecular weight excluding hydrogens is 631 g/mol. The average Bonchev–Trinajstić information content (AvgIpc) is 3.42. The Labute approximate surface area is 268 Å². The highest BCUT2D eigenvalue weighted by atomic mass is 35.5. The van der Waals surface area contributed by atoms with E-state index in [0.717, 1.165) is 0 Å². The number of rotatable bonds is 10. The number of ether oxygens (including phenoxy) is 2. The van der Waals surface area contributed by atoms with Gasteiger partial charge in [0.2, 0.25) is 11.9 Å². The Morgan fingerprint density at radius 2 is 2.02 bits per heavy atom. The molecule has 1 aromatic carbocycles. The van der Waals surface area contributed by atoms with E-state index in [9.17, 15) is 24.9 Å². The van der Waals surface area contributed by atoms with Gasteiger partial charge in [0.15, 0.2) is 17.2 Å². The van der Waals surface area contributed by atoms with Crippen LogP contribution in [0, 0.1) is 22.7 Å². The molecule has 0 spiro atoms. The summed E-state index contributed by atoms with van der Waals surface area (Å²) in [5.74, 6) is -1.21. The summed E-state index contributed by atoms with van der Waals surface area (Å²) in [5.41, 5.74) is 12.4. The molecule has 0 aliphatic carbocycles. The summed E-state index contributed by atoms with van der Waals surface area (Å²) in [6, 6.07) is 5.24. The fourth-order valence-corrected chi connectivity index (χ4v) is 4.85. The lowest BCUT2D eigenvalue weighted by molar-refractivity contribution is -0.153. The second kappa shape index (κ2) is 15.1. The van der Waals surface area contributed by atoms with Crippen LogP contribution in [0.15, 0.2) is 18.3 Å². The largest absolute Gasteiger partial charge is 0.457 e. The molecule has 3 aromatic rings. The molecule has 1 fully saturated rings. The minimum atomic E-state index is -1.30. The highest BCUT2D eigenvalue weighted by Crippen LogP contribution is 2.37. The molecule has 7 N–H and O–H groups in total. The van der Waals surface area contributed by atoms with Crippen LogP contribution in [-0.4, -0.2) is 82.5 Å². The zero-order valence-corrected chi connectivity index (χ0v) is 25.7. The van der Waals surface area contributed by atoms with E-state index in [1.54, 1.807) is 11.0 Å². The first-order chi connectivity index (χ1) is 21.1. The Kier molecular flexibility index (Phi) is 11.5. The van der Waals surface area contributed by atoms with E-state index < -0.39 is 42.6 Å². The van der Waals surface area contributed by atoms with Gasteiger partial charge in [0.25, 0.3) is 0 Å². The first-order valence-electron chi connectivity index (χ1n) is 13.3. The van der Waals surface area contributed by atoms with E-state index in [1.165, 1.54) is 23.9 Å².